The molecular formula is C15H20FN5. The average molecular weight is 289 g/mol. The third-order valence-corrected chi connectivity index (χ3v) is 4.26. The van der Waals surface area contributed by atoms with E-state index in [1.165, 1.54) is 37.8 Å². The van der Waals surface area contributed by atoms with Crippen molar-refractivity contribution in [1.82, 2.24) is 20.2 Å². The van der Waals surface area contributed by atoms with Crippen molar-refractivity contribution in [2.45, 2.75) is 39.2 Å². The molecule has 1 fully saturated rings. The van der Waals surface area contributed by atoms with E-state index in [-0.39, 0.29) is 5.82 Å². The summed E-state index contributed by atoms with van der Waals surface area (Å²) in [4.78, 5) is 0. The Hall–Kier alpha value is -1.98. The van der Waals surface area contributed by atoms with Gasteiger partial charge in [0, 0.05) is 17.8 Å². The van der Waals surface area contributed by atoms with E-state index in [0.29, 0.717) is 23.0 Å². The fourth-order valence-electron chi connectivity index (χ4n) is 3.21. The summed E-state index contributed by atoms with van der Waals surface area (Å²) < 4.78 is 15.2. The lowest BCUT2D eigenvalue weighted by atomic mass is 9.82. The van der Waals surface area contributed by atoms with Gasteiger partial charge in [0.15, 0.2) is 5.82 Å². The van der Waals surface area contributed by atoms with Gasteiger partial charge in [0.05, 0.1) is 0 Å². The smallest absolute Gasteiger partial charge is 0.184 e. The minimum Gasteiger partial charge on any atom is -0.398 e. The van der Waals surface area contributed by atoms with Crippen LogP contribution >= 0.6 is 0 Å². The van der Waals surface area contributed by atoms with Gasteiger partial charge in [-0.1, -0.05) is 19.8 Å². The molecule has 2 N–H and O–H groups in total. The monoisotopic (exact) mass is 289 g/mol. The summed E-state index contributed by atoms with van der Waals surface area (Å²) in [5.74, 6) is 1.54. The molecule has 0 aliphatic heterocycles. The van der Waals surface area contributed by atoms with Crippen LogP contribution in [0, 0.1) is 17.7 Å². The molecule has 1 aromatic heterocycles. The van der Waals surface area contributed by atoms with Crippen LogP contribution in [-0.4, -0.2) is 20.2 Å². The van der Waals surface area contributed by atoms with Gasteiger partial charge in [0.25, 0.3) is 0 Å². The van der Waals surface area contributed by atoms with E-state index in [1.807, 2.05) is 0 Å². The number of nitrogens with two attached hydrogens (primary N) is 1. The molecule has 2 unspecified atom stereocenters. The summed E-state index contributed by atoms with van der Waals surface area (Å²) in [7, 11) is 0. The van der Waals surface area contributed by atoms with Crippen LogP contribution in [0.25, 0.3) is 11.4 Å². The maximum Gasteiger partial charge on any atom is 0.184 e. The number of nitrogen functional groups attached to an aromatic ring is 1. The molecule has 1 saturated carbocycles. The van der Waals surface area contributed by atoms with Crippen molar-refractivity contribution >= 4 is 5.69 Å². The average Bonchev–Trinajstić information content (AvgIpc) is 2.89. The number of halogens is 1. The molecule has 2 aromatic rings. The molecule has 0 amide bonds. The number of nitrogens with zero attached hydrogens (tertiary/aromatic N) is 4. The third-order valence-electron chi connectivity index (χ3n) is 4.26. The molecule has 1 aromatic carbocycles. The number of hydrogen-bond donors (Lipinski definition) is 1. The lowest BCUT2D eigenvalue weighted by Crippen LogP contribution is -2.20. The fourth-order valence-corrected chi connectivity index (χ4v) is 3.21. The summed E-state index contributed by atoms with van der Waals surface area (Å²) in [6.45, 7) is 3.06. The van der Waals surface area contributed by atoms with Gasteiger partial charge in [-0.05, 0) is 53.3 Å². The van der Waals surface area contributed by atoms with E-state index in [4.69, 9.17) is 5.73 Å². The molecule has 21 heavy (non-hydrogen) atoms. The predicted octanol–water partition coefficient (Wildman–Crippen LogP) is 2.89. The molecule has 6 heteroatoms. The van der Waals surface area contributed by atoms with E-state index in [9.17, 15) is 4.39 Å². The molecule has 1 aliphatic rings. The third kappa shape index (κ3) is 3.04. The van der Waals surface area contributed by atoms with Crippen molar-refractivity contribution in [1.29, 1.82) is 0 Å². The first kappa shape index (κ1) is 14.0. The largest absolute Gasteiger partial charge is 0.398 e. The number of aromatic nitrogens is 4. The maximum absolute atomic E-state index is 13.4. The van der Waals surface area contributed by atoms with Crippen molar-refractivity contribution in [3.8, 4) is 11.4 Å². The normalized spacial score (nSPS) is 22.4. The highest BCUT2D eigenvalue weighted by Crippen LogP contribution is 2.31. The summed E-state index contributed by atoms with van der Waals surface area (Å²) in [5, 5.41) is 11.8. The van der Waals surface area contributed by atoms with Crippen LogP contribution < -0.4 is 5.73 Å². The van der Waals surface area contributed by atoms with Gasteiger partial charge in [0.2, 0.25) is 0 Å². The van der Waals surface area contributed by atoms with Crippen LogP contribution in [0.3, 0.4) is 0 Å². The van der Waals surface area contributed by atoms with Crippen LogP contribution in [0.15, 0.2) is 18.2 Å². The Kier molecular flexibility index (Phi) is 3.86. The number of rotatable bonds is 3. The minimum absolute atomic E-state index is 0.333. The van der Waals surface area contributed by atoms with Crippen molar-refractivity contribution in [3.63, 3.8) is 0 Å². The number of tetrazole rings is 1. The Bertz CT molecular complexity index is 624. The number of anilines is 1. The van der Waals surface area contributed by atoms with Crippen LogP contribution in [0.5, 0.6) is 0 Å². The topological polar surface area (TPSA) is 69.6 Å². The quantitative estimate of drug-likeness (QED) is 0.882. The number of hydrogen-bond acceptors (Lipinski definition) is 4. The van der Waals surface area contributed by atoms with Crippen molar-refractivity contribution in [3.05, 3.63) is 24.0 Å². The maximum atomic E-state index is 13.4. The van der Waals surface area contributed by atoms with Crippen LogP contribution in [0.4, 0.5) is 10.1 Å². The van der Waals surface area contributed by atoms with E-state index in [0.717, 1.165) is 12.5 Å². The van der Waals surface area contributed by atoms with Gasteiger partial charge in [-0.3, -0.25) is 0 Å². The highest BCUT2D eigenvalue weighted by atomic mass is 19.1. The van der Waals surface area contributed by atoms with E-state index in [2.05, 4.69) is 22.4 Å². The Labute approximate surface area is 123 Å². The molecule has 1 aliphatic carbocycles. The molecule has 5 nitrogen and oxygen atoms in total. The second kappa shape index (κ2) is 5.79. The minimum atomic E-state index is -0.333. The first-order chi connectivity index (χ1) is 10.1. The van der Waals surface area contributed by atoms with Gasteiger partial charge in [-0.15, -0.1) is 5.10 Å². The zero-order valence-corrected chi connectivity index (χ0v) is 12.2. The second-order valence-corrected chi connectivity index (χ2v) is 6.05. The predicted molar refractivity (Wildman–Crippen MR) is 78.7 cm³/mol. The summed E-state index contributed by atoms with van der Waals surface area (Å²) >= 11 is 0. The van der Waals surface area contributed by atoms with E-state index >= 15 is 0 Å². The zero-order valence-electron chi connectivity index (χ0n) is 12.2. The van der Waals surface area contributed by atoms with Gasteiger partial charge < -0.3 is 5.73 Å². The van der Waals surface area contributed by atoms with Crippen molar-refractivity contribution in [2.24, 2.45) is 11.8 Å². The fraction of sp³-hybridized carbons (Fsp3) is 0.533. The standard InChI is InChI=1S/C15H20FN5/c1-10-3-2-4-11(7-10)9-21-15(18-19-20-21)13-8-12(16)5-6-14(13)17/h5-6,8,10-11H,2-4,7,9,17H2,1H3. The van der Waals surface area contributed by atoms with Crippen LogP contribution in [0.1, 0.15) is 32.6 Å². The first-order valence-electron chi connectivity index (χ1n) is 7.45. The highest BCUT2D eigenvalue weighted by molar-refractivity contribution is 5.71. The lowest BCUT2D eigenvalue weighted by Gasteiger charge is -2.26. The lowest BCUT2D eigenvalue weighted by molar-refractivity contribution is 0.249. The van der Waals surface area contributed by atoms with E-state index in [1.54, 1.807) is 10.7 Å². The summed E-state index contributed by atoms with van der Waals surface area (Å²) in [6.07, 6.45) is 4.95. The Morgan fingerprint density at radius 3 is 3.05 bits per heavy atom. The van der Waals surface area contributed by atoms with Crippen LogP contribution in [0.2, 0.25) is 0 Å². The van der Waals surface area contributed by atoms with Gasteiger partial charge in [0.1, 0.15) is 5.82 Å². The molecule has 3 rings (SSSR count). The first-order valence-corrected chi connectivity index (χ1v) is 7.45. The Morgan fingerprint density at radius 2 is 2.24 bits per heavy atom. The van der Waals surface area contributed by atoms with Gasteiger partial charge in [-0.2, -0.15) is 0 Å². The van der Waals surface area contributed by atoms with Gasteiger partial charge >= 0.3 is 0 Å². The zero-order chi connectivity index (χ0) is 14.8. The van der Waals surface area contributed by atoms with Crippen molar-refractivity contribution < 1.29 is 4.39 Å². The highest BCUT2D eigenvalue weighted by Gasteiger charge is 2.22. The molecule has 2 atom stereocenters. The van der Waals surface area contributed by atoms with Crippen LogP contribution in [-0.2, 0) is 6.54 Å². The molecule has 0 bridgehead atoms. The van der Waals surface area contributed by atoms with Crippen molar-refractivity contribution in [2.75, 3.05) is 5.73 Å². The molecule has 0 spiro atoms. The van der Waals surface area contributed by atoms with E-state index < -0.39 is 0 Å². The SMILES string of the molecule is CC1CCCC(Cn2nnnc2-c2cc(F)ccc2N)C1. The Morgan fingerprint density at radius 1 is 1.38 bits per heavy atom. The molecular weight excluding hydrogens is 269 g/mol. The number of benzene rings is 1. The summed E-state index contributed by atoms with van der Waals surface area (Å²) in [6, 6.07) is 4.28. The second-order valence-electron chi connectivity index (χ2n) is 6.05. The van der Waals surface area contributed by atoms with Gasteiger partial charge in [-0.25, -0.2) is 9.07 Å². The molecule has 112 valence electrons. The Balaban J connectivity index is 1.85. The molecule has 0 saturated heterocycles. The summed E-state index contributed by atoms with van der Waals surface area (Å²) in [5.41, 5.74) is 6.98. The molecule has 1 heterocycles. The molecule has 0 radical (unpaired) electrons.